The summed E-state index contributed by atoms with van der Waals surface area (Å²) < 4.78 is 4.58. The zero-order valence-electron chi connectivity index (χ0n) is 10.5. The highest BCUT2D eigenvalue weighted by atomic mass is 16.5. The van der Waals surface area contributed by atoms with Gasteiger partial charge in [0.1, 0.15) is 0 Å². The third kappa shape index (κ3) is 6.50. The predicted octanol–water partition coefficient (Wildman–Crippen LogP) is 2.35. The summed E-state index contributed by atoms with van der Waals surface area (Å²) in [6.45, 7) is 7.56. The topological polar surface area (TPSA) is 38.3 Å². The van der Waals surface area contributed by atoms with Crippen molar-refractivity contribution in [2.24, 2.45) is 5.92 Å². The van der Waals surface area contributed by atoms with E-state index in [2.05, 4.69) is 30.8 Å². The quantitative estimate of drug-likeness (QED) is 0.499. The third-order valence-corrected chi connectivity index (χ3v) is 3.01. The van der Waals surface area contributed by atoms with Crippen LogP contribution < -0.4 is 5.32 Å². The van der Waals surface area contributed by atoms with Gasteiger partial charge in [-0.05, 0) is 25.8 Å². The van der Waals surface area contributed by atoms with Crippen LogP contribution in [0.5, 0.6) is 0 Å². The van der Waals surface area contributed by atoms with Gasteiger partial charge in [-0.25, -0.2) is 0 Å². The SMILES string of the molecule is CCC(CC)C(C)NCCCC(=O)OC. The Hall–Kier alpha value is -0.570. The Bertz CT molecular complexity index is 167. The van der Waals surface area contributed by atoms with Gasteiger partial charge in [0.2, 0.25) is 0 Å². The van der Waals surface area contributed by atoms with Crippen LogP contribution in [0.4, 0.5) is 0 Å². The molecule has 0 saturated carbocycles. The molecular formula is C12H25NO2. The van der Waals surface area contributed by atoms with Gasteiger partial charge in [-0.1, -0.05) is 26.7 Å². The summed E-state index contributed by atoms with van der Waals surface area (Å²) in [7, 11) is 1.43. The summed E-state index contributed by atoms with van der Waals surface area (Å²) in [5, 5.41) is 3.46. The second-order valence-corrected chi connectivity index (χ2v) is 4.00. The molecule has 0 rings (SSSR count). The summed E-state index contributed by atoms with van der Waals surface area (Å²) in [5.41, 5.74) is 0. The van der Waals surface area contributed by atoms with E-state index in [9.17, 15) is 4.79 Å². The fraction of sp³-hybridized carbons (Fsp3) is 0.917. The zero-order chi connectivity index (χ0) is 11.7. The Balaban J connectivity index is 3.53. The van der Waals surface area contributed by atoms with Crippen LogP contribution in [0.25, 0.3) is 0 Å². The summed E-state index contributed by atoms with van der Waals surface area (Å²) in [4.78, 5) is 10.9. The number of nitrogens with one attached hydrogen (secondary N) is 1. The molecule has 0 aromatic carbocycles. The van der Waals surface area contributed by atoms with Crippen molar-refractivity contribution in [1.29, 1.82) is 0 Å². The van der Waals surface area contributed by atoms with E-state index in [1.807, 2.05) is 0 Å². The number of rotatable bonds is 8. The number of carbonyl (C=O) groups excluding carboxylic acids is 1. The monoisotopic (exact) mass is 215 g/mol. The molecule has 0 bridgehead atoms. The minimum Gasteiger partial charge on any atom is -0.469 e. The molecule has 90 valence electrons. The minimum absolute atomic E-state index is 0.119. The highest BCUT2D eigenvalue weighted by molar-refractivity contribution is 5.69. The van der Waals surface area contributed by atoms with Crippen molar-refractivity contribution >= 4 is 5.97 Å². The molecular weight excluding hydrogens is 190 g/mol. The first-order valence-corrected chi connectivity index (χ1v) is 5.95. The van der Waals surface area contributed by atoms with E-state index in [1.165, 1.54) is 20.0 Å². The van der Waals surface area contributed by atoms with Crippen LogP contribution in [-0.4, -0.2) is 25.7 Å². The highest BCUT2D eigenvalue weighted by Gasteiger charge is 2.12. The van der Waals surface area contributed by atoms with Gasteiger partial charge >= 0.3 is 5.97 Å². The van der Waals surface area contributed by atoms with Gasteiger partial charge in [0.25, 0.3) is 0 Å². The molecule has 0 aliphatic rings. The highest BCUT2D eigenvalue weighted by Crippen LogP contribution is 2.12. The molecule has 1 N–H and O–H groups in total. The Morgan fingerprint density at radius 2 is 1.93 bits per heavy atom. The minimum atomic E-state index is -0.119. The molecule has 0 aromatic heterocycles. The lowest BCUT2D eigenvalue weighted by molar-refractivity contribution is -0.140. The third-order valence-electron chi connectivity index (χ3n) is 3.01. The van der Waals surface area contributed by atoms with E-state index < -0.39 is 0 Å². The van der Waals surface area contributed by atoms with Gasteiger partial charge in [0.05, 0.1) is 7.11 Å². The molecule has 3 heteroatoms. The van der Waals surface area contributed by atoms with E-state index in [1.54, 1.807) is 0 Å². The van der Waals surface area contributed by atoms with Crippen LogP contribution in [0.3, 0.4) is 0 Å². The second kappa shape index (κ2) is 8.72. The average molecular weight is 215 g/mol. The number of ether oxygens (including phenoxy) is 1. The molecule has 1 atom stereocenters. The fourth-order valence-corrected chi connectivity index (χ4v) is 1.83. The first-order chi connectivity index (χ1) is 7.15. The summed E-state index contributed by atoms with van der Waals surface area (Å²) >= 11 is 0. The van der Waals surface area contributed by atoms with Crippen LogP contribution in [0.2, 0.25) is 0 Å². The zero-order valence-corrected chi connectivity index (χ0v) is 10.5. The van der Waals surface area contributed by atoms with Gasteiger partial charge in [-0.3, -0.25) is 4.79 Å². The van der Waals surface area contributed by atoms with Gasteiger partial charge < -0.3 is 10.1 Å². The molecule has 1 unspecified atom stereocenters. The lowest BCUT2D eigenvalue weighted by atomic mass is 9.95. The predicted molar refractivity (Wildman–Crippen MR) is 62.8 cm³/mol. The lowest BCUT2D eigenvalue weighted by Crippen LogP contribution is -2.33. The second-order valence-electron chi connectivity index (χ2n) is 4.00. The normalized spacial score (nSPS) is 12.9. The molecule has 0 aliphatic carbocycles. The molecule has 0 aromatic rings. The Labute approximate surface area is 93.6 Å². The van der Waals surface area contributed by atoms with Crippen molar-refractivity contribution in [3.63, 3.8) is 0 Å². The number of esters is 1. The molecule has 0 heterocycles. The van der Waals surface area contributed by atoms with E-state index in [4.69, 9.17) is 0 Å². The van der Waals surface area contributed by atoms with Crippen molar-refractivity contribution < 1.29 is 9.53 Å². The molecule has 0 spiro atoms. The molecule has 0 fully saturated rings. The first kappa shape index (κ1) is 14.4. The first-order valence-electron chi connectivity index (χ1n) is 5.95. The van der Waals surface area contributed by atoms with Crippen molar-refractivity contribution in [1.82, 2.24) is 5.32 Å². The Morgan fingerprint density at radius 3 is 2.40 bits per heavy atom. The maximum Gasteiger partial charge on any atom is 0.305 e. The molecule has 0 saturated heterocycles. The molecule has 0 amide bonds. The van der Waals surface area contributed by atoms with Crippen LogP contribution in [0, 0.1) is 5.92 Å². The van der Waals surface area contributed by atoms with E-state index >= 15 is 0 Å². The molecule has 15 heavy (non-hydrogen) atoms. The van der Waals surface area contributed by atoms with Gasteiger partial charge in [-0.2, -0.15) is 0 Å². The van der Waals surface area contributed by atoms with Crippen LogP contribution in [-0.2, 0) is 9.53 Å². The number of carbonyl (C=O) groups is 1. The number of hydrogen-bond acceptors (Lipinski definition) is 3. The van der Waals surface area contributed by atoms with E-state index in [-0.39, 0.29) is 5.97 Å². The van der Waals surface area contributed by atoms with Crippen molar-refractivity contribution in [3.05, 3.63) is 0 Å². The van der Waals surface area contributed by atoms with Gasteiger partial charge in [0.15, 0.2) is 0 Å². The fourth-order valence-electron chi connectivity index (χ4n) is 1.83. The maximum atomic E-state index is 10.9. The Kier molecular flexibility index (Phi) is 8.38. The van der Waals surface area contributed by atoms with Gasteiger partial charge in [0, 0.05) is 12.5 Å². The number of hydrogen-bond donors (Lipinski definition) is 1. The molecule has 0 radical (unpaired) electrons. The molecule has 0 aliphatic heterocycles. The largest absolute Gasteiger partial charge is 0.469 e. The Morgan fingerprint density at radius 1 is 1.33 bits per heavy atom. The van der Waals surface area contributed by atoms with Crippen LogP contribution >= 0.6 is 0 Å². The summed E-state index contributed by atoms with van der Waals surface area (Å²) in [5.74, 6) is 0.620. The lowest BCUT2D eigenvalue weighted by Gasteiger charge is -2.22. The molecule has 3 nitrogen and oxygen atoms in total. The van der Waals surface area contributed by atoms with Crippen LogP contribution in [0.15, 0.2) is 0 Å². The smallest absolute Gasteiger partial charge is 0.305 e. The van der Waals surface area contributed by atoms with Crippen molar-refractivity contribution in [2.75, 3.05) is 13.7 Å². The average Bonchev–Trinajstić information content (AvgIpc) is 2.25. The van der Waals surface area contributed by atoms with Crippen molar-refractivity contribution in [3.8, 4) is 0 Å². The standard InChI is InChI=1S/C12H25NO2/c1-5-11(6-2)10(3)13-9-7-8-12(14)15-4/h10-11,13H,5-9H2,1-4H3. The summed E-state index contributed by atoms with van der Waals surface area (Å²) in [6.07, 6.45) is 3.79. The van der Waals surface area contributed by atoms with Gasteiger partial charge in [-0.15, -0.1) is 0 Å². The summed E-state index contributed by atoms with van der Waals surface area (Å²) in [6, 6.07) is 0.539. The number of methoxy groups -OCH3 is 1. The van der Waals surface area contributed by atoms with Crippen molar-refractivity contribution in [2.45, 2.75) is 52.5 Å². The van der Waals surface area contributed by atoms with E-state index in [0.717, 1.165) is 18.9 Å². The van der Waals surface area contributed by atoms with E-state index in [0.29, 0.717) is 12.5 Å². The van der Waals surface area contributed by atoms with Crippen LogP contribution in [0.1, 0.15) is 46.5 Å². The maximum absolute atomic E-state index is 10.9.